The van der Waals surface area contributed by atoms with Crippen molar-refractivity contribution in [3.05, 3.63) is 243 Å². The van der Waals surface area contributed by atoms with Crippen LogP contribution in [0, 0.1) is 0 Å². The van der Waals surface area contributed by atoms with Crippen molar-refractivity contribution in [1.29, 1.82) is 0 Å². The van der Waals surface area contributed by atoms with E-state index in [-0.39, 0.29) is 0 Å². The van der Waals surface area contributed by atoms with Gasteiger partial charge in [0.2, 0.25) is 5.95 Å². The number of fused-ring (bicyclic) bond motifs is 9. The van der Waals surface area contributed by atoms with Crippen molar-refractivity contribution in [3.8, 4) is 62.4 Å². The van der Waals surface area contributed by atoms with E-state index in [1.807, 2.05) is 18.2 Å². The summed E-state index contributed by atoms with van der Waals surface area (Å²) in [6.07, 6.45) is 0. The lowest BCUT2D eigenvalue weighted by molar-refractivity contribution is 0.954. The number of para-hydroxylation sites is 4. The van der Waals surface area contributed by atoms with E-state index >= 15 is 0 Å². The number of hydrogen-bond acceptors (Lipinski definition) is 3. The maximum Gasteiger partial charge on any atom is 0.238 e. The van der Waals surface area contributed by atoms with E-state index in [1.165, 1.54) is 21.7 Å². The number of aromatic nitrogens is 6. The lowest BCUT2D eigenvalue weighted by atomic mass is 9.98. The van der Waals surface area contributed by atoms with Gasteiger partial charge < -0.3 is 9.13 Å². The van der Waals surface area contributed by atoms with E-state index in [1.54, 1.807) is 0 Å². The van der Waals surface area contributed by atoms with Gasteiger partial charge in [-0.05, 0) is 83.4 Å². The molecule has 0 N–H and O–H groups in total. The Labute approximate surface area is 397 Å². The molecule has 0 spiro atoms. The molecule has 0 aliphatic carbocycles. The van der Waals surface area contributed by atoms with Crippen LogP contribution in [-0.4, -0.2) is 28.7 Å². The minimum atomic E-state index is 0.551. The Bertz CT molecular complexity index is 4280. The topological polar surface area (TPSA) is 53.5 Å². The minimum Gasteiger partial charge on any atom is -0.309 e. The third-order valence-electron chi connectivity index (χ3n) is 13.7. The molecule has 322 valence electrons. The molecule has 14 rings (SSSR count). The van der Waals surface area contributed by atoms with E-state index in [0.29, 0.717) is 17.6 Å². The SMILES string of the molecule is c1ccc(-c2ccc(-c3ccccc3)c(-n3c4ccccc4c4cc5c6ccccc6n(-c6nc(-c7ccccc7)nc(-c7ccc8c(c7)c7ccccc7n8-c7ccccc7)n6)c5cc43)c2)cc1. The molecule has 4 aromatic heterocycles. The number of nitrogens with zero attached hydrogens (tertiary/aromatic N) is 6. The smallest absolute Gasteiger partial charge is 0.238 e. The van der Waals surface area contributed by atoms with Gasteiger partial charge in [-0.1, -0.05) is 176 Å². The fourth-order valence-electron chi connectivity index (χ4n) is 10.6. The molecule has 0 aliphatic heterocycles. The van der Waals surface area contributed by atoms with Gasteiger partial charge >= 0.3 is 0 Å². The average molecular weight is 881 g/mol. The standard InChI is InChI=1S/C63H40N6/c1-5-19-41(20-6-1)44-33-35-47(42-21-7-2-8-22-42)58(38-44)68-55-31-17-14-28-49(55)52-39-53-50-29-15-18-32-56(50)69(60(53)40-59(52)68)63-65-61(43-23-9-3-10-24-43)64-62(66-63)45-34-36-57-51(37-45)48-27-13-16-30-54(48)67(57)46-25-11-4-12-26-46/h1-40H. The molecule has 0 unspecified atom stereocenters. The molecule has 0 bridgehead atoms. The van der Waals surface area contributed by atoms with Gasteiger partial charge in [0.15, 0.2) is 11.6 Å². The van der Waals surface area contributed by atoms with Crippen LogP contribution in [0.3, 0.4) is 0 Å². The van der Waals surface area contributed by atoms with E-state index in [2.05, 4.69) is 238 Å². The van der Waals surface area contributed by atoms with Crippen LogP contribution in [0.4, 0.5) is 0 Å². The van der Waals surface area contributed by atoms with Gasteiger partial charge in [-0.2, -0.15) is 9.97 Å². The Balaban J connectivity index is 1.04. The largest absolute Gasteiger partial charge is 0.309 e. The van der Waals surface area contributed by atoms with Gasteiger partial charge in [-0.15, -0.1) is 0 Å². The number of rotatable bonds is 7. The molecule has 0 aliphatic rings. The molecule has 4 heterocycles. The predicted octanol–water partition coefficient (Wildman–Crippen LogP) is 15.8. The third kappa shape index (κ3) is 6.23. The molecule has 0 fully saturated rings. The van der Waals surface area contributed by atoms with Crippen LogP contribution >= 0.6 is 0 Å². The van der Waals surface area contributed by atoms with E-state index in [0.717, 1.165) is 88.5 Å². The summed E-state index contributed by atoms with van der Waals surface area (Å²) >= 11 is 0. The third-order valence-corrected chi connectivity index (χ3v) is 13.7. The molecular formula is C63H40N6. The first-order chi connectivity index (χ1) is 34.2. The van der Waals surface area contributed by atoms with Gasteiger partial charge in [0, 0.05) is 54.7 Å². The van der Waals surface area contributed by atoms with Crippen LogP contribution in [0.15, 0.2) is 243 Å². The van der Waals surface area contributed by atoms with E-state index in [9.17, 15) is 0 Å². The van der Waals surface area contributed by atoms with Crippen LogP contribution in [0.5, 0.6) is 0 Å². The number of hydrogen-bond donors (Lipinski definition) is 0. The van der Waals surface area contributed by atoms with Crippen LogP contribution in [0.25, 0.3) is 128 Å². The highest BCUT2D eigenvalue weighted by Gasteiger charge is 2.23. The Morgan fingerprint density at radius 1 is 0.246 bits per heavy atom. The van der Waals surface area contributed by atoms with Gasteiger partial charge in [0.1, 0.15) is 0 Å². The Kier molecular flexibility index (Phi) is 8.79. The normalized spacial score (nSPS) is 11.8. The highest BCUT2D eigenvalue weighted by Crippen LogP contribution is 2.43. The zero-order chi connectivity index (χ0) is 45.4. The summed E-state index contributed by atoms with van der Waals surface area (Å²) in [5.41, 5.74) is 15.2. The average Bonchev–Trinajstić information content (AvgIpc) is 4.06. The summed E-state index contributed by atoms with van der Waals surface area (Å²) in [5.74, 6) is 1.76. The Hall–Kier alpha value is -9.39. The molecule has 10 aromatic carbocycles. The Morgan fingerprint density at radius 2 is 0.710 bits per heavy atom. The van der Waals surface area contributed by atoms with Crippen molar-refractivity contribution in [2.45, 2.75) is 0 Å². The van der Waals surface area contributed by atoms with Crippen molar-refractivity contribution >= 4 is 65.4 Å². The lowest BCUT2D eigenvalue weighted by Crippen LogP contribution is -2.06. The highest BCUT2D eigenvalue weighted by atomic mass is 15.2. The molecule has 69 heavy (non-hydrogen) atoms. The fourth-order valence-corrected chi connectivity index (χ4v) is 10.6. The van der Waals surface area contributed by atoms with Crippen LogP contribution in [0.2, 0.25) is 0 Å². The first kappa shape index (κ1) is 38.8. The zero-order valence-electron chi connectivity index (χ0n) is 37.3. The summed E-state index contributed by atoms with van der Waals surface area (Å²) < 4.78 is 7.03. The summed E-state index contributed by atoms with van der Waals surface area (Å²) in [6.45, 7) is 0. The fraction of sp³-hybridized carbons (Fsp3) is 0. The quantitative estimate of drug-likeness (QED) is 0.160. The molecule has 6 heteroatoms. The summed E-state index contributed by atoms with van der Waals surface area (Å²) in [7, 11) is 0. The van der Waals surface area contributed by atoms with Gasteiger partial charge in [-0.3, -0.25) is 4.57 Å². The van der Waals surface area contributed by atoms with Crippen LogP contribution < -0.4 is 0 Å². The first-order valence-corrected chi connectivity index (χ1v) is 23.4. The first-order valence-electron chi connectivity index (χ1n) is 23.4. The molecule has 0 saturated carbocycles. The van der Waals surface area contributed by atoms with Gasteiger partial charge in [0.25, 0.3) is 0 Å². The van der Waals surface area contributed by atoms with Gasteiger partial charge in [0.05, 0.1) is 38.8 Å². The molecule has 0 radical (unpaired) electrons. The second kappa shape index (κ2) is 15.6. The van der Waals surface area contributed by atoms with Crippen molar-refractivity contribution in [2.24, 2.45) is 0 Å². The maximum atomic E-state index is 5.45. The second-order valence-electron chi connectivity index (χ2n) is 17.6. The highest BCUT2D eigenvalue weighted by molar-refractivity contribution is 6.19. The summed E-state index contributed by atoms with van der Waals surface area (Å²) in [5, 5.41) is 6.92. The van der Waals surface area contributed by atoms with E-state index < -0.39 is 0 Å². The molecule has 0 atom stereocenters. The van der Waals surface area contributed by atoms with Crippen LogP contribution in [-0.2, 0) is 0 Å². The van der Waals surface area contributed by atoms with Crippen LogP contribution in [0.1, 0.15) is 0 Å². The zero-order valence-corrected chi connectivity index (χ0v) is 37.3. The molecule has 6 nitrogen and oxygen atoms in total. The number of benzene rings is 10. The molecule has 14 aromatic rings. The van der Waals surface area contributed by atoms with Crippen molar-refractivity contribution < 1.29 is 0 Å². The summed E-state index contributed by atoms with van der Waals surface area (Å²) in [6, 6.07) is 86.4. The monoisotopic (exact) mass is 880 g/mol. The lowest BCUT2D eigenvalue weighted by Gasteiger charge is -2.16. The molecule has 0 amide bonds. The van der Waals surface area contributed by atoms with Crippen molar-refractivity contribution in [1.82, 2.24) is 28.7 Å². The molecule has 0 saturated heterocycles. The molecular weight excluding hydrogens is 841 g/mol. The summed E-state index contributed by atoms with van der Waals surface area (Å²) in [4.78, 5) is 16.1. The van der Waals surface area contributed by atoms with E-state index in [4.69, 9.17) is 15.0 Å². The minimum absolute atomic E-state index is 0.551. The van der Waals surface area contributed by atoms with Crippen molar-refractivity contribution in [3.63, 3.8) is 0 Å². The second-order valence-corrected chi connectivity index (χ2v) is 17.6. The Morgan fingerprint density at radius 3 is 1.35 bits per heavy atom. The predicted molar refractivity (Wildman–Crippen MR) is 285 cm³/mol. The van der Waals surface area contributed by atoms with Crippen molar-refractivity contribution in [2.75, 3.05) is 0 Å². The maximum absolute atomic E-state index is 5.45. The van der Waals surface area contributed by atoms with Gasteiger partial charge in [-0.25, -0.2) is 4.98 Å².